The summed E-state index contributed by atoms with van der Waals surface area (Å²) in [5.41, 5.74) is 1.21. The molecule has 120 valence electrons. The van der Waals surface area contributed by atoms with Crippen LogP contribution in [0.15, 0.2) is 28.9 Å². The van der Waals surface area contributed by atoms with Crippen molar-refractivity contribution in [1.82, 2.24) is 20.5 Å². The Morgan fingerprint density at radius 1 is 1.48 bits per heavy atom. The average molecular weight is 318 g/mol. The van der Waals surface area contributed by atoms with Gasteiger partial charge in [0.2, 0.25) is 5.91 Å². The number of hydrogen-bond acceptors (Lipinski definition) is 5. The number of halogens is 1. The molecule has 2 amide bonds. The van der Waals surface area contributed by atoms with Crippen LogP contribution in [0.2, 0.25) is 0 Å². The van der Waals surface area contributed by atoms with Crippen molar-refractivity contribution in [1.29, 1.82) is 0 Å². The predicted octanol–water partition coefficient (Wildman–Crippen LogP) is 1.05. The fourth-order valence-electron chi connectivity index (χ4n) is 2.57. The minimum Gasteiger partial charge on any atom is -0.345 e. The maximum Gasteiger partial charge on any atom is 0.275 e. The van der Waals surface area contributed by atoms with Gasteiger partial charge in [-0.05, 0) is 29.8 Å². The van der Waals surface area contributed by atoms with E-state index in [1.165, 1.54) is 12.1 Å². The summed E-state index contributed by atoms with van der Waals surface area (Å²) < 4.78 is 17.7. The molecule has 0 spiro atoms. The zero-order valence-electron chi connectivity index (χ0n) is 12.5. The Morgan fingerprint density at radius 2 is 2.30 bits per heavy atom. The van der Waals surface area contributed by atoms with E-state index in [-0.39, 0.29) is 29.9 Å². The van der Waals surface area contributed by atoms with Gasteiger partial charge in [-0.1, -0.05) is 17.3 Å². The van der Waals surface area contributed by atoms with E-state index in [0.717, 1.165) is 0 Å². The third kappa shape index (κ3) is 3.36. The first-order chi connectivity index (χ1) is 11.0. The molecular weight excluding hydrogens is 303 g/mol. The lowest BCUT2D eigenvalue weighted by atomic mass is 10.2. The molecule has 0 bridgehead atoms. The standard InChI is InChI=1S/C15H15FN4O3/c1-9-14(19-23-18-9)15(22)17-12-6-13(21)20(8-12)7-10-3-2-4-11(16)5-10/h2-5,12H,6-8H2,1H3,(H,17,22). The second-order valence-corrected chi connectivity index (χ2v) is 5.48. The van der Waals surface area contributed by atoms with Crippen molar-refractivity contribution in [3.05, 3.63) is 47.0 Å². The summed E-state index contributed by atoms with van der Waals surface area (Å²) >= 11 is 0. The lowest BCUT2D eigenvalue weighted by Gasteiger charge is -2.17. The van der Waals surface area contributed by atoms with Crippen LogP contribution in [0, 0.1) is 12.7 Å². The van der Waals surface area contributed by atoms with Crippen LogP contribution in [0.5, 0.6) is 0 Å². The molecule has 1 N–H and O–H groups in total. The zero-order valence-corrected chi connectivity index (χ0v) is 12.5. The van der Waals surface area contributed by atoms with Crippen LogP contribution in [0.4, 0.5) is 4.39 Å². The normalized spacial score (nSPS) is 17.6. The molecule has 7 nitrogen and oxygen atoms in total. The highest BCUT2D eigenvalue weighted by molar-refractivity contribution is 5.94. The van der Waals surface area contributed by atoms with E-state index >= 15 is 0 Å². The summed E-state index contributed by atoms with van der Waals surface area (Å²) in [5.74, 6) is -0.850. The van der Waals surface area contributed by atoms with Gasteiger partial charge in [-0.2, -0.15) is 0 Å². The number of nitrogens with zero attached hydrogens (tertiary/aromatic N) is 3. The largest absolute Gasteiger partial charge is 0.345 e. The molecule has 2 aromatic rings. The molecule has 23 heavy (non-hydrogen) atoms. The average Bonchev–Trinajstić information content (AvgIpc) is 3.05. The van der Waals surface area contributed by atoms with Gasteiger partial charge in [0.1, 0.15) is 11.5 Å². The van der Waals surface area contributed by atoms with Gasteiger partial charge in [0.25, 0.3) is 5.91 Å². The molecule has 3 rings (SSSR count). The predicted molar refractivity (Wildman–Crippen MR) is 76.7 cm³/mol. The second kappa shape index (κ2) is 6.15. The Morgan fingerprint density at radius 3 is 3.00 bits per heavy atom. The topological polar surface area (TPSA) is 88.3 Å². The van der Waals surface area contributed by atoms with Gasteiger partial charge in [-0.3, -0.25) is 9.59 Å². The fraction of sp³-hybridized carbons (Fsp3) is 0.333. The third-order valence-electron chi connectivity index (χ3n) is 3.68. The molecule has 1 unspecified atom stereocenters. The number of hydrogen-bond donors (Lipinski definition) is 1. The summed E-state index contributed by atoms with van der Waals surface area (Å²) in [6.45, 7) is 2.29. The Balaban J connectivity index is 1.61. The lowest BCUT2D eigenvalue weighted by Crippen LogP contribution is -2.37. The van der Waals surface area contributed by atoms with Crippen molar-refractivity contribution in [2.24, 2.45) is 0 Å². The highest BCUT2D eigenvalue weighted by Crippen LogP contribution is 2.16. The first-order valence-corrected chi connectivity index (χ1v) is 7.15. The third-order valence-corrected chi connectivity index (χ3v) is 3.68. The Labute approximate surface area is 131 Å². The van der Waals surface area contributed by atoms with E-state index in [4.69, 9.17) is 0 Å². The molecule has 0 saturated carbocycles. The van der Waals surface area contributed by atoms with E-state index in [1.54, 1.807) is 24.0 Å². The summed E-state index contributed by atoms with van der Waals surface area (Å²) in [4.78, 5) is 25.7. The summed E-state index contributed by atoms with van der Waals surface area (Å²) in [6.07, 6.45) is 0.200. The number of aromatic nitrogens is 2. The van der Waals surface area contributed by atoms with Crippen LogP contribution in [0.25, 0.3) is 0 Å². The van der Waals surface area contributed by atoms with Crippen molar-refractivity contribution in [3.8, 4) is 0 Å². The first kappa shape index (κ1) is 15.1. The zero-order chi connectivity index (χ0) is 16.4. The Hall–Kier alpha value is -2.77. The van der Waals surface area contributed by atoms with Gasteiger partial charge in [0.15, 0.2) is 5.69 Å². The van der Waals surface area contributed by atoms with Crippen molar-refractivity contribution in [3.63, 3.8) is 0 Å². The number of carbonyl (C=O) groups is 2. The van der Waals surface area contributed by atoms with Gasteiger partial charge >= 0.3 is 0 Å². The van der Waals surface area contributed by atoms with E-state index < -0.39 is 5.91 Å². The highest BCUT2D eigenvalue weighted by atomic mass is 19.1. The minimum absolute atomic E-state index is 0.0884. The Kier molecular flexibility index (Phi) is 4.05. The molecule has 0 radical (unpaired) electrons. The number of likely N-dealkylation sites (tertiary alicyclic amines) is 1. The molecule has 1 aromatic heterocycles. The number of rotatable bonds is 4. The van der Waals surface area contributed by atoms with Crippen molar-refractivity contribution >= 4 is 11.8 Å². The molecule has 1 fully saturated rings. The molecule has 0 aliphatic carbocycles. The Bertz CT molecular complexity index is 746. The smallest absolute Gasteiger partial charge is 0.275 e. The first-order valence-electron chi connectivity index (χ1n) is 7.15. The summed E-state index contributed by atoms with van der Waals surface area (Å²) in [5, 5.41) is 9.82. The van der Waals surface area contributed by atoms with Crippen molar-refractivity contribution < 1.29 is 18.6 Å². The molecular formula is C15H15FN4O3. The molecule has 1 aliphatic rings. The molecule has 1 aliphatic heterocycles. The van der Waals surface area contributed by atoms with Crippen LogP contribution >= 0.6 is 0 Å². The number of nitrogens with one attached hydrogen (secondary N) is 1. The maximum atomic E-state index is 13.2. The highest BCUT2D eigenvalue weighted by Gasteiger charge is 2.31. The maximum absolute atomic E-state index is 13.2. The lowest BCUT2D eigenvalue weighted by molar-refractivity contribution is -0.128. The summed E-state index contributed by atoms with van der Waals surface area (Å²) in [6, 6.07) is 5.79. The second-order valence-electron chi connectivity index (χ2n) is 5.48. The van der Waals surface area contributed by atoms with Crippen LogP contribution in [-0.2, 0) is 11.3 Å². The number of amides is 2. The van der Waals surface area contributed by atoms with E-state index in [1.807, 2.05) is 0 Å². The van der Waals surface area contributed by atoms with Gasteiger partial charge in [-0.15, -0.1) is 0 Å². The number of benzene rings is 1. The van der Waals surface area contributed by atoms with E-state index in [0.29, 0.717) is 24.3 Å². The summed E-state index contributed by atoms with van der Waals surface area (Å²) in [7, 11) is 0. The van der Waals surface area contributed by atoms with Crippen LogP contribution in [0.1, 0.15) is 28.2 Å². The SMILES string of the molecule is Cc1nonc1C(=O)NC1CC(=O)N(Cc2cccc(F)c2)C1. The van der Waals surface area contributed by atoms with E-state index in [9.17, 15) is 14.0 Å². The number of aryl methyl sites for hydroxylation is 1. The molecule has 8 heteroatoms. The van der Waals surface area contributed by atoms with Gasteiger partial charge in [0.05, 0.1) is 6.04 Å². The van der Waals surface area contributed by atoms with Crippen LogP contribution in [-0.4, -0.2) is 39.6 Å². The van der Waals surface area contributed by atoms with Crippen molar-refractivity contribution in [2.75, 3.05) is 6.54 Å². The minimum atomic E-state index is -0.422. The fourth-order valence-corrected chi connectivity index (χ4v) is 2.57. The van der Waals surface area contributed by atoms with Crippen molar-refractivity contribution in [2.45, 2.75) is 25.9 Å². The molecule has 1 aromatic carbocycles. The van der Waals surface area contributed by atoms with Crippen LogP contribution in [0.3, 0.4) is 0 Å². The number of carbonyl (C=O) groups excluding carboxylic acids is 2. The monoisotopic (exact) mass is 318 g/mol. The molecule has 1 saturated heterocycles. The van der Waals surface area contributed by atoms with Gasteiger partial charge in [-0.25, -0.2) is 9.02 Å². The van der Waals surface area contributed by atoms with Gasteiger partial charge in [0, 0.05) is 19.5 Å². The van der Waals surface area contributed by atoms with Crippen LogP contribution < -0.4 is 5.32 Å². The van der Waals surface area contributed by atoms with Gasteiger partial charge < -0.3 is 10.2 Å². The quantitative estimate of drug-likeness (QED) is 0.910. The van der Waals surface area contributed by atoms with E-state index in [2.05, 4.69) is 20.3 Å². The molecule has 1 atom stereocenters. The molecule has 2 heterocycles.